The average molecular weight is 362 g/mol. The van der Waals surface area contributed by atoms with Crippen molar-refractivity contribution in [3.05, 3.63) is 35.9 Å². The van der Waals surface area contributed by atoms with E-state index in [0.29, 0.717) is 6.61 Å². The monoisotopic (exact) mass is 362 g/mol. The number of carbonyl (C=O) groups excluding carboxylic acids is 2. The van der Waals surface area contributed by atoms with E-state index in [-0.39, 0.29) is 12.8 Å². The molecule has 26 heavy (non-hydrogen) atoms. The van der Waals surface area contributed by atoms with Crippen LogP contribution >= 0.6 is 0 Å². The summed E-state index contributed by atoms with van der Waals surface area (Å²) in [6.45, 7) is 4.10. The molecule has 1 rings (SSSR count). The van der Waals surface area contributed by atoms with Crippen molar-refractivity contribution in [3.63, 3.8) is 0 Å². The summed E-state index contributed by atoms with van der Waals surface area (Å²) >= 11 is 0. The zero-order chi connectivity index (χ0) is 19.6. The Hall–Kier alpha value is -2.36. The zero-order valence-electron chi connectivity index (χ0n) is 15.7. The fourth-order valence-electron chi connectivity index (χ4n) is 2.18. The van der Waals surface area contributed by atoms with Gasteiger partial charge in [-0.3, -0.25) is 4.79 Å². The van der Waals surface area contributed by atoms with Gasteiger partial charge in [0.25, 0.3) is 0 Å². The molecule has 0 amide bonds. The van der Waals surface area contributed by atoms with E-state index in [1.807, 2.05) is 44.2 Å². The topological polar surface area (TPSA) is 82.1 Å². The molecule has 0 aliphatic rings. The van der Waals surface area contributed by atoms with Crippen LogP contribution in [0.25, 0.3) is 0 Å². The number of benzene rings is 1. The molecule has 0 radical (unpaired) electrons. The van der Waals surface area contributed by atoms with E-state index < -0.39 is 29.6 Å². The summed E-state index contributed by atoms with van der Waals surface area (Å²) in [5.74, 6) is 4.29. The van der Waals surface area contributed by atoms with E-state index in [4.69, 9.17) is 4.74 Å². The minimum absolute atomic E-state index is 0.0451. The number of hydrogen-bond acceptors (Lipinski definition) is 6. The molecular formula is C20H26O6. The van der Waals surface area contributed by atoms with Crippen LogP contribution in [0.4, 0.5) is 0 Å². The Bertz CT molecular complexity index is 656. The van der Waals surface area contributed by atoms with Crippen molar-refractivity contribution in [2.24, 2.45) is 0 Å². The summed E-state index contributed by atoms with van der Waals surface area (Å²) in [5.41, 5.74) is -1.60. The van der Waals surface area contributed by atoms with Crippen molar-refractivity contribution in [1.82, 2.24) is 0 Å². The molecular weight excluding hydrogens is 336 g/mol. The number of carbonyl (C=O) groups is 2. The highest BCUT2D eigenvalue weighted by molar-refractivity contribution is 5.85. The summed E-state index contributed by atoms with van der Waals surface area (Å²) < 4.78 is 14.9. The average Bonchev–Trinajstić information content (AvgIpc) is 2.63. The maximum absolute atomic E-state index is 11.8. The molecule has 1 aromatic carbocycles. The largest absolute Gasteiger partial charge is 0.469 e. The highest BCUT2D eigenvalue weighted by Crippen LogP contribution is 2.20. The van der Waals surface area contributed by atoms with Crippen molar-refractivity contribution in [2.75, 3.05) is 14.2 Å². The molecule has 1 N–H and O–H groups in total. The van der Waals surface area contributed by atoms with E-state index in [2.05, 4.69) is 21.3 Å². The summed E-state index contributed by atoms with van der Waals surface area (Å²) in [6, 6.07) is 9.74. The van der Waals surface area contributed by atoms with Crippen LogP contribution in [0.1, 0.15) is 38.7 Å². The molecule has 0 fully saturated rings. The first-order valence-electron chi connectivity index (χ1n) is 8.28. The highest BCUT2D eigenvalue weighted by atomic mass is 16.5. The Labute approximate surface area is 154 Å². The molecule has 0 aliphatic carbocycles. The summed E-state index contributed by atoms with van der Waals surface area (Å²) in [6.07, 6.45) is -0.330. The normalized spacial score (nSPS) is 13.1. The van der Waals surface area contributed by atoms with Crippen LogP contribution in [0.3, 0.4) is 0 Å². The number of ether oxygens (including phenoxy) is 3. The number of hydrogen-bond donors (Lipinski definition) is 1. The molecule has 0 spiro atoms. The van der Waals surface area contributed by atoms with Crippen molar-refractivity contribution in [2.45, 2.75) is 50.9 Å². The first-order chi connectivity index (χ1) is 12.2. The highest BCUT2D eigenvalue weighted by Gasteiger charge is 2.39. The van der Waals surface area contributed by atoms with Gasteiger partial charge in [-0.1, -0.05) is 36.3 Å². The van der Waals surface area contributed by atoms with Gasteiger partial charge in [0.05, 0.1) is 27.2 Å². The lowest BCUT2D eigenvalue weighted by Crippen LogP contribution is -2.42. The van der Waals surface area contributed by atoms with Gasteiger partial charge in [-0.2, -0.15) is 0 Å². The van der Waals surface area contributed by atoms with Gasteiger partial charge in [0.15, 0.2) is 5.60 Å². The molecule has 0 saturated carbocycles. The fourth-order valence-corrected chi connectivity index (χ4v) is 2.18. The van der Waals surface area contributed by atoms with Crippen molar-refractivity contribution in [3.8, 4) is 11.8 Å². The third-order valence-corrected chi connectivity index (χ3v) is 3.73. The molecule has 0 heterocycles. The molecule has 1 atom stereocenters. The van der Waals surface area contributed by atoms with Gasteiger partial charge >= 0.3 is 11.9 Å². The lowest BCUT2D eigenvalue weighted by Gasteiger charge is -2.23. The van der Waals surface area contributed by atoms with E-state index in [1.165, 1.54) is 7.11 Å². The molecule has 0 saturated heterocycles. The lowest BCUT2D eigenvalue weighted by molar-refractivity contribution is -0.169. The Morgan fingerprint density at radius 1 is 1.12 bits per heavy atom. The van der Waals surface area contributed by atoms with Crippen LogP contribution in [0, 0.1) is 11.8 Å². The van der Waals surface area contributed by atoms with E-state index in [9.17, 15) is 14.7 Å². The quantitative estimate of drug-likeness (QED) is 0.564. The molecule has 6 nitrogen and oxygen atoms in total. The molecule has 1 aromatic rings. The van der Waals surface area contributed by atoms with Crippen LogP contribution < -0.4 is 0 Å². The Morgan fingerprint density at radius 3 is 2.35 bits per heavy atom. The van der Waals surface area contributed by atoms with E-state index >= 15 is 0 Å². The number of rotatable bonds is 8. The predicted octanol–water partition coefficient (Wildman–Crippen LogP) is 2.23. The van der Waals surface area contributed by atoms with Crippen LogP contribution in [-0.4, -0.2) is 42.5 Å². The summed E-state index contributed by atoms with van der Waals surface area (Å²) in [5, 5.41) is 10.4. The molecule has 142 valence electrons. The van der Waals surface area contributed by atoms with Crippen LogP contribution in [0.15, 0.2) is 30.3 Å². The molecule has 0 bridgehead atoms. The van der Waals surface area contributed by atoms with Gasteiger partial charge in [-0.15, -0.1) is 5.92 Å². The van der Waals surface area contributed by atoms with Crippen molar-refractivity contribution in [1.29, 1.82) is 0 Å². The first kappa shape index (κ1) is 21.7. The number of aliphatic hydroxyl groups is 1. The lowest BCUT2D eigenvalue weighted by atomic mass is 9.93. The third kappa shape index (κ3) is 7.26. The number of methoxy groups -OCH3 is 2. The zero-order valence-corrected chi connectivity index (χ0v) is 15.7. The summed E-state index contributed by atoms with van der Waals surface area (Å²) in [4.78, 5) is 23.2. The second-order valence-corrected chi connectivity index (χ2v) is 6.36. The standard InChI is InChI=1S/C20H26O6/c1-19(2,26-15-16-10-6-5-7-11-16)12-8-9-13-20(23,18(22)25-4)14-17(21)24-3/h5-7,10-11,23H,9,13-15H2,1-4H3. The van der Waals surface area contributed by atoms with E-state index in [1.54, 1.807) is 0 Å². The van der Waals surface area contributed by atoms with E-state index in [0.717, 1.165) is 12.7 Å². The number of esters is 2. The smallest absolute Gasteiger partial charge is 0.338 e. The second kappa shape index (κ2) is 9.95. The third-order valence-electron chi connectivity index (χ3n) is 3.73. The minimum atomic E-state index is -1.95. The SMILES string of the molecule is COC(=O)CC(O)(CCC#CC(C)(C)OCc1ccccc1)C(=O)OC. The molecule has 0 aromatic heterocycles. The van der Waals surface area contributed by atoms with Gasteiger partial charge in [-0.25, -0.2) is 4.79 Å². The first-order valence-corrected chi connectivity index (χ1v) is 8.28. The van der Waals surface area contributed by atoms with Crippen molar-refractivity contribution >= 4 is 11.9 Å². The fraction of sp³-hybridized carbons (Fsp3) is 0.500. The Balaban J connectivity index is 2.62. The summed E-state index contributed by atoms with van der Waals surface area (Å²) in [7, 11) is 2.34. The van der Waals surface area contributed by atoms with Gasteiger partial charge in [-0.05, 0) is 25.8 Å². The van der Waals surface area contributed by atoms with Gasteiger partial charge in [0.1, 0.15) is 5.60 Å². The molecule has 1 unspecified atom stereocenters. The van der Waals surface area contributed by atoms with Crippen LogP contribution in [0.2, 0.25) is 0 Å². The van der Waals surface area contributed by atoms with Gasteiger partial charge < -0.3 is 19.3 Å². The minimum Gasteiger partial charge on any atom is -0.469 e. The molecule has 0 aliphatic heterocycles. The van der Waals surface area contributed by atoms with Crippen LogP contribution in [-0.2, 0) is 30.4 Å². The maximum atomic E-state index is 11.8. The Kier molecular flexibility index (Phi) is 8.30. The molecule has 6 heteroatoms. The van der Waals surface area contributed by atoms with Gasteiger partial charge in [0.2, 0.25) is 0 Å². The maximum Gasteiger partial charge on any atom is 0.338 e. The van der Waals surface area contributed by atoms with Crippen LogP contribution in [0.5, 0.6) is 0 Å². The predicted molar refractivity (Wildman–Crippen MR) is 95.9 cm³/mol. The second-order valence-electron chi connectivity index (χ2n) is 6.36. The van der Waals surface area contributed by atoms with Gasteiger partial charge in [0, 0.05) is 6.42 Å². The Morgan fingerprint density at radius 2 is 1.77 bits per heavy atom. The van der Waals surface area contributed by atoms with Crippen molar-refractivity contribution < 1.29 is 28.9 Å².